The van der Waals surface area contributed by atoms with E-state index in [2.05, 4.69) is 15.8 Å². The third-order valence-corrected chi connectivity index (χ3v) is 3.76. The first-order valence-corrected chi connectivity index (χ1v) is 8.08. The monoisotopic (exact) mass is 345 g/mol. The van der Waals surface area contributed by atoms with Crippen LogP contribution in [0, 0.1) is 6.92 Å². The van der Waals surface area contributed by atoms with E-state index in [-0.39, 0.29) is 17.6 Å². The second-order valence-corrected chi connectivity index (χ2v) is 5.95. The van der Waals surface area contributed by atoms with Crippen molar-refractivity contribution in [2.24, 2.45) is 0 Å². The van der Waals surface area contributed by atoms with E-state index in [0.29, 0.717) is 35.7 Å². The molecule has 0 saturated heterocycles. The maximum atomic E-state index is 12.3. The van der Waals surface area contributed by atoms with Crippen LogP contribution in [0.3, 0.4) is 0 Å². The van der Waals surface area contributed by atoms with Crippen LogP contribution in [0.5, 0.6) is 0 Å². The van der Waals surface area contributed by atoms with Crippen LogP contribution >= 0.6 is 0 Å². The summed E-state index contributed by atoms with van der Waals surface area (Å²) in [7, 11) is 1.57. The lowest BCUT2D eigenvalue weighted by Gasteiger charge is -2.12. The standard InChI is InChI=1S/C18H23N3O4/c1-11(2)15-10-16(25-21-15)18(23)20-14-7-5-6-13(12(14)3)17(22)19-8-9-24-4/h5-7,10-11H,8-9H2,1-4H3,(H,19,22)(H,20,23). The molecule has 0 aliphatic heterocycles. The van der Waals surface area contributed by atoms with Crippen LogP contribution in [0.15, 0.2) is 28.8 Å². The molecule has 2 N–H and O–H groups in total. The highest BCUT2D eigenvalue weighted by Crippen LogP contribution is 2.21. The molecule has 0 bridgehead atoms. The fourth-order valence-corrected chi connectivity index (χ4v) is 2.23. The predicted molar refractivity (Wildman–Crippen MR) is 93.9 cm³/mol. The number of carbonyl (C=O) groups is 2. The van der Waals surface area contributed by atoms with Crippen molar-refractivity contribution in [1.82, 2.24) is 10.5 Å². The minimum atomic E-state index is -0.403. The van der Waals surface area contributed by atoms with Gasteiger partial charge in [0, 0.05) is 31.0 Å². The molecule has 0 aliphatic rings. The Balaban J connectivity index is 2.12. The van der Waals surface area contributed by atoms with E-state index < -0.39 is 5.91 Å². The van der Waals surface area contributed by atoms with Gasteiger partial charge in [0.25, 0.3) is 11.8 Å². The van der Waals surface area contributed by atoms with E-state index in [9.17, 15) is 9.59 Å². The van der Waals surface area contributed by atoms with Crippen molar-refractivity contribution in [3.63, 3.8) is 0 Å². The Labute approximate surface area is 146 Å². The fourth-order valence-electron chi connectivity index (χ4n) is 2.23. The van der Waals surface area contributed by atoms with Crippen LogP contribution in [-0.4, -0.2) is 37.2 Å². The molecule has 0 saturated carbocycles. The second-order valence-electron chi connectivity index (χ2n) is 5.95. The maximum absolute atomic E-state index is 12.3. The Morgan fingerprint density at radius 2 is 2.04 bits per heavy atom. The van der Waals surface area contributed by atoms with Crippen LogP contribution in [0.2, 0.25) is 0 Å². The second kappa shape index (κ2) is 8.43. The third kappa shape index (κ3) is 4.67. The summed E-state index contributed by atoms with van der Waals surface area (Å²) in [5.41, 5.74) is 2.43. The molecule has 1 aromatic carbocycles. The first kappa shape index (κ1) is 18.7. The molecule has 0 aliphatic carbocycles. The summed E-state index contributed by atoms with van der Waals surface area (Å²) in [4.78, 5) is 24.6. The molecule has 7 nitrogen and oxygen atoms in total. The molecule has 0 unspecified atom stereocenters. The smallest absolute Gasteiger partial charge is 0.294 e. The van der Waals surface area contributed by atoms with E-state index in [4.69, 9.17) is 9.26 Å². The molecule has 0 atom stereocenters. The molecular formula is C18H23N3O4. The first-order valence-electron chi connectivity index (χ1n) is 8.08. The number of rotatable bonds is 7. The largest absolute Gasteiger partial charge is 0.383 e. The predicted octanol–water partition coefficient (Wildman–Crippen LogP) is 2.73. The van der Waals surface area contributed by atoms with Crippen molar-refractivity contribution in [2.45, 2.75) is 26.7 Å². The Bertz CT molecular complexity index is 753. The van der Waals surface area contributed by atoms with Crippen molar-refractivity contribution >= 4 is 17.5 Å². The topological polar surface area (TPSA) is 93.5 Å². The normalized spacial score (nSPS) is 10.8. The van der Waals surface area contributed by atoms with Gasteiger partial charge in [0.05, 0.1) is 12.3 Å². The summed E-state index contributed by atoms with van der Waals surface area (Å²) in [6, 6.07) is 6.78. The van der Waals surface area contributed by atoms with Gasteiger partial charge in [-0.3, -0.25) is 9.59 Å². The van der Waals surface area contributed by atoms with Gasteiger partial charge in [0.2, 0.25) is 5.76 Å². The summed E-state index contributed by atoms with van der Waals surface area (Å²) in [5, 5.41) is 9.40. The molecule has 0 spiro atoms. The molecule has 7 heteroatoms. The first-order chi connectivity index (χ1) is 11.9. The maximum Gasteiger partial charge on any atom is 0.294 e. The number of anilines is 1. The molecule has 2 amide bonds. The van der Waals surface area contributed by atoms with Gasteiger partial charge in [-0.05, 0) is 30.5 Å². The summed E-state index contributed by atoms with van der Waals surface area (Å²) < 4.78 is 10.0. The molecule has 134 valence electrons. The minimum Gasteiger partial charge on any atom is -0.383 e. The average Bonchev–Trinajstić information content (AvgIpc) is 3.07. The number of benzene rings is 1. The number of methoxy groups -OCH3 is 1. The van der Waals surface area contributed by atoms with Crippen molar-refractivity contribution in [3.05, 3.63) is 46.8 Å². The lowest BCUT2D eigenvalue weighted by atomic mass is 10.1. The van der Waals surface area contributed by atoms with Gasteiger partial charge in [-0.1, -0.05) is 25.1 Å². The zero-order chi connectivity index (χ0) is 18.4. The van der Waals surface area contributed by atoms with Crippen LogP contribution < -0.4 is 10.6 Å². The van der Waals surface area contributed by atoms with Gasteiger partial charge >= 0.3 is 0 Å². The highest BCUT2D eigenvalue weighted by atomic mass is 16.5. The number of carbonyl (C=O) groups excluding carboxylic acids is 2. The number of nitrogens with zero attached hydrogens (tertiary/aromatic N) is 1. The zero-order valence-corrected chi connectivity index (χ0v) is 14.9. The molecule has 25 heavy (non-hydrogen) atoms. The van der Waals surface area contributed by atoms with E-state index in [1.807, 2.05) is 13.8 Å². The van der Waals surface area contributed by atoms with Crippen LogP contribution in [0.4, 0.5) is 5.69 Å². The van der Waals surface area contributed by atoms with Gasteiger partial charge in [0.1, 0.15) is 0 Å². The highest BCUT2D eigenvalue weighted by molar-refractivity contribution is 6.04. The van der Waals surface area contributed by atoms with E-state index in [1.165, 1.54) is 0 Å². The van der Waals surface area contributed by atoms with Crippen LogP contribution in [-0.2, 0) is 4.74 Å². The van der Waals surface area contributed by atoms with Gasteiger partial charge < -0.3 is 19.9 Å². The quantitative estimate of drug-likeness (QED) is 0.753. The number of nitrogens with one attached hydrogen (secondary N) is 2. The van der Waals surface area contributed by atoms with Gasteiger partial charge in [-0.2, -0.15) is 0 Å². The minimum absolute atomic E-state index is 0.137. The van der Waals surface area contributed by atoms with Crippen LogP contribution in [0.25, 0.3) is 0 Å². The van der Waals surface area contributed by atoms with E-state index in [1.54, 1.807) is 38.3 Å². The summed E-state index contributed by atoms with van der Waals surface area (Å²) in [6.07, 6.45) is 0. The molecule has 1 heterocycles. The molecule has 0 fully saturated rings. The summed E-state index contributed by atoms with van der Waals surface area (Å²) >= 11 is 0. The summed E-state index contributed by atoms with van der Waals surface area (Å²) in [6.45, 7) is 6.57. The van der Waals surface area contributed by atoms with Crippen molar-refractivity contribution in [1.29, 1.82) is 0 Å². The SMILES string of the molecule is COCCNC(=O)c1cccc(NC(=O)c2cc(C(C)C)no2)c1C. The molecule has 1 aromatic heterocycles. The molecule has 0 radical (unpaired) electrons. The summed E-state index contributed by atoms with van der Waals surface area (Å²) in [5.74, 6) is -0.309. The lowest BCUT2D eigenvalue weighted by molar-refractivity contribution is 0.0934. The molecule has 2 rings (SSSR count). The molecule has 2 aromatic rings. The average molecular weight is 345 g/mol. The highest BCUT2D eigenvalue weighted by Gasteiger charge is 2.17. The Kier molecular flexibility index (Phi) is 6.30. The Morgan fingerprint density at radius 1 is 1.28 bits per heavy atom. The van der Waals surface area contributed by atoms with Crippen LogP contribution in [0.1, 0.15) is 51.9 Å². The van der Waals surface area contributed by atoms with Gasteiger partial charge in [-0.15, -0.1) is 0 Å². The van der Waals surface area contributed by atoms with E-state index in [0.717, 1.165) is 0 Å². The lowest BCUT2D eigenvalue weighted by Crippen LogP contribution is -2.27. The number of hydrogen-bond donors (Lipinski definition) is 2. The van der Waals surface area contributed by atoms with Crippen molar-refractivity contribution < 1.29 is 18.8 Å². The fraction of sp³-hybridized carbons (Fsp3) is 0.389. The molecular weight excluding hydrogens is 322 g/mol. The third-order valence-electron chi connectivity index (χ3n) is 3.76. The number of amides is 2. The van der Waals surface area contributed by atoms with Gasteiger partial charge in [0.15, 0.2) is 0 Å². The Hall–Kier alpha value is -2.67. The zero-order valence-electron chi connectivity index (χ0n) is 14.9. The Morgan fingerprint density at radius 3 is 2.68 bits per heavy atom. The van der Waals surface area contributed by atoms with Gasteiger partial charge in [-0.25, -0.2) is 0 Å². The number of aromatic nitrogens is 1. The van der Waals surface area contributed by atoms with E-state index >= 15 is 0 Å². The number of hydrogen-bond acceptors (Lipinski definition) is 5. The van der Waals surface area contributed by atoms with Crippen molar-refractivity contribution in [2.75, 3.05) is 25.6 Å². The van der Waals surface area contributed by atoms with Crippen molar-refractivity contribution in [3.8, 4) is 0 Å². The number of ether oxygens (including phenoxy) is 1.